The Bertz CT molecular complexity index is 4910. The standard InChI is InChI=1S/C80H58N4/c1-82-62-31-66-73(76-71-54-16-8-4-12-50(54)69(74(62)76)51-13-5-9-17-55(51)71)61-28-47(80-35-42-21-43(36-80)23-44(22-42)37-80)26-59-57-29-63-56(30-64(57)84(66)78(59)61)58-25-46(79-32-39-18-40(33-79)20-41(19-39)34-79)27-60-72-65(83(63)77(58)60)24-45(38-81)67-68-48-10-2-6-14-52(48)70(75(67)72)53-15-7-3-11-49(53)68/h2-17,24-31,39-44,68-71H,18-23,32-37H2. The van der Waals surface area contributed by atoms with Crippen LogP contribution in [0, 0.1) is 53.4 Å². The van der Waals surface area contributed by atoms with E-state index in [4.69, 9.17) is 6.57 Å². The Labute approximate surface area is 486 Å². The number of hydrogen-bond donors (Lipinski definition) is 0. The molecule has 8 saturated carbocycles. The van der Waals surface area contributed by atoms with Gasteiger partial charge in [0.1, 0.15) is 0 Å². The normalized spacial score (nSPS) is 30.1. The molecule has 9 aromatic carbocycles. The molecule has 14 aliphatic carbocycles. The van der Waals surface area contributed by atoms with E-state index < -0.39 is 0 Å². The fourth-order valence-electron chi connectivity index (χ4n) is 24.0. The zero-order valence-corrected chi connectivity index (χ0v) is 46.9. The molecule has 0 amide bonds. The Kier molecular flexibility index (Phi) is 7.55. The average molecular weight is 1080 g/mol. The van der Waals surface area contributed by atoms with E-state index in [-0.39, 0.29) is 34.5 Å². The zero-order chi connectivity index (χ0) is 54.1. The van der Waals surface area contributed by atoms with Gasteiger partial charge in [-0.05, 0) is 250 Å². The number of rotatable bonds is 2. The van der Waals surface area contributed by atoms with E-state index in [1.54, 1.807) is 11.1 Å². The minimum atomic E-state index is 0.0149. The van der Waals surface area contributed by atoms with Crippen molar-refractivity contribution < 1.29 is 0 Å². The number of fused-ring (bicyclic) bond motifs is 12. The predicted octanol–water partition coefficient (Wildman–Crippen LogP) is 19.3. The molecule has 4 heteroatoms. The van der Waals surface area contributed by atoms with E-state index in [0.29, 0.717) is 0 Å². The van der Waals surface area contributed by atoms with Gasteiger partial charge in [0.15, 0.2) is 5.69 Å². The molecule has 12 bridgehead atoms. The molecule has 14 aliphatic rings. The fraction of sp³-hybridized carbons (Fsp3) is 0.300. The van der Waals surface area contributed by atoms with Crippen molar-refractivity contribution in [2.75, 3.05) is 0 Å². The van der Waals surface area contributed by atoms with Crippen LogP contribution in [0.4, 0.5) is 5.69 Å². The van der Waals surface area contributed by atoms with E-state index in [2.05, 4.69) is 165 Å². The Morgan fingerprint density at radius 1 is 0.381 bits per heavy atom. The fourth-order valence-corrected chi connectivity index (χ4v) is 24.0. The average Bonchev–Trinajstić information content (AvgIpc) is 1.44. The highest BCUT2D eigenvalue weighted by molar-refractivity contribution is 6.30. The Morgan fingerprint density at radius 3 is 1.08 bits per heavy atom. The highest BCUT2D eigenvalue weighted by Gasteiger charge is 2.54. The zero-order valence-electron chi connectivity index (χ0n) is 46.9. The first-order valence-electron chi connectivity index (χ1n) is 32.1. The van der Waals surface area contributed by atoms with Gasteiger partial charge in [-0.25, -0.2) is 4.85 Å². The molecule has 0 unspecified atom stereocenters. The maximum absolute atomic E-state index is 11.6. The summed E-state index contributed by atoms with van der Waals surface area (Å²) < 4.78 is 5.32. The monoisotopic (exact) mass is 1070 g/mol. The second-order valence-electron chi connectivity index (χ2n) is 29.5. The lowest BCUT2D eigenvalue weighted by molar-refractivity contribution is -0.00520. The van der Waals surface area contributed by atoms with Gasteiger partial charge in [-0.1, -0.05) is 97.1 Å². The minimum absolute atomic E-state index is 0.0149. The van der Waals surface area contributed by atoms with Crippen molar-refractivity contribution in [2.45, 2.75) is 112 Å². The third kappa shape index (κ3) is 4.89. The van der Waals surface area contributed by atoms with Crippen molar-refractivity contribution in [1.29, 1.82) is 5.26 Å². The molecule has 0 saturated heterocycles. The predicted molar refractivity (Wildman–Crippen MR) is 336 cm³/mol. The maximum atomic E-state index is 11.6. The first-order valence-corrected chi connectivity index (χ1v) is 32.1. The van der Waals surface area contributed by atoms with Gasteiger partial charge >= 0.3 is 0 Å². The summed E-state index contributed by atoms with van der Waals surface area (Å²) in [5.74, 6) is 5.06. The third-order valence-electron chi connectivity index (χ3n) is 25.8. The van der Waals surface area contributed by atoms with Crippen LogP contribution >= 0.6 is 0 Å². The van der Waals surface area contributed by atoms with Gasteiger partial charge in [0.25, 0.3) is 0 Å². The van der Waals surface area contributed by atoms with Crippen LogP contribution in [-0.4, -0.2) is 8.80 Å². The van der Waals surface area contributed by atoms with Crippen LogP contribution in [0.3, 0.4) is 0 Å². The molecular weight excluding hydrogens is 1020 g/mol. The minimum Gasteiger partial charge on any atom is -0.309 e. The lowest BCUT2D eigenvalue weighted by Crippen LogP contribution is -2.48. The number of benzene rings is 9. The van der Waals surface area contributed by atoms with Gasteiger partial charge in [-0.15, -0.1) is 0 Å². The van der Waals surface area contributed by atoms with Gasteiger partial charge < -0.3 is 8.80 Å². The molecule has 0 N–H and O–H groups in total. The van der Waals surface area contributed by atoms with Gasteiger partial charge in [0.2, 0.25) is 0 Å². The summed E-state index contributed by atoms with van der Waals surface area (Å²) >= 11 is 0. The van der Waals surface area contributed by atoms with Crippen molar-refractivity contribution in [1.82, 2.24) is 8.80 Å². The van der Waals surface area contributed by atoms with E-state index in [0.717, 1.165) is 46.8 Å². The summed E-state index contributed by atoms with van der Waals surface area (Å²) in [6.07, 6.45) is 16.3. The number of hydrogen-bond acceptors (Lipinski definition) is 1. The molecule has 4 heterocycles. The molecule has 0 aliphatic heterocycles. The Hall–Kier alpha value is -8.44. The lowest BCUT2D eigenvalue weighted by atomic mass is 9.48. The highest BCUT2D eigenvalue weighted by Crippen LogP contribution is 2.67. The summed E-state index contributed by atoms with van der Waals surface area (Å²) in [4.78, 5) is 4.58. The maximum Gasteiger partial charge on any atom is 0.193 e. The molecule has 398 valence electrons. The van der Waals surface area contributed by atoms with Crippen LogP contribution in [0.15, 0.2) is 146 Å². The van der Waals surface area contributed by atoms with E-state index in [1.165, 1.54) is 220 Å². The quantitative estimate of drug-likeness (QED) is 0.159. The smallest absolute Gasteiger partial charge is 0.193 e. The second-order valence-corrected chi connectivity index (χ2v) is 29.5. The van der Waals surface area contributed by atoms with Crippen LogP contribution in [0.1, 0.15) is 184 Å². The van der Waals surface area contributed by atoms with Crippen LogP contribution in [-0.2, 0) is 10.8 Å². The summed E-state index contributed by atoms with van der Waals surface area (Å²) in [6, 6.07) is 60.5. The summed E-state index contributed by atoms with van der Waals surface area (Å²) in [7, 11) is 0. The van der Waals surface area contributed by atoms with Crippen LogP contribution < -0.4 is 0 Å². The van der Waals surface area contributed by atoms with Crippen LogP contribution in [0.2, 0.25) is 0 Å². The SMILES string of the molecule is [C-]#[N+]c1cc2c(c3c1C1c4ccccc4C3c3ccccc31)c1cc(C34CC5CC(CC(C5)C3)C4)cc3c4cc5c(cc4n2c31)c1cc(C23CC4CC(CC(C4)C2)C3)cc2c3c4c(c(C#N)cc3n5c12)C1c2ccccc2C4c2ccccc21. The Morgan fingerprint density at radius 2 is 0.714 bits per heavy atom. The van der Waals surface area contributed by atoms with Crippen molar-refractivity contribution in [3.8, 4) is 6.07 Å². The molecule has 27 rings (SSSR count). The van der Waals surface area contributed by atoms with Crippen LogP contribution in [0.5, 0.6) is 0 Å². The van der Waals surface area contributed by atoms with Crippen molar-refractivity contribution in [2.24, 2.45) is 35.5 Å². The first kappa shape index (κ1) is 44.1. The molecule has 0 spiro atoms. The third-order valence-corrected chi connectivity index (χ3v) is 25.8. The molecular formula is C80H58N4. The number of nitriles is 1. The van der Waals surface area contributed by atoms with Crippen molar-refractivity contribution >= 4 is 81.9 Å². The van der Waals surface area contributed by atoms with Crippen LogP contribution in [0.25, 0.3) is 81.0 Å². The Balaban J connectivity index is 0.880. The van der Waals surface area contributed by atoms with E-state index in [1.807, 2.05) is 0 Å². The molecule has 4 aromatic heterocycles. The van der Waals surface area contributed by atoms with E-state index in [9.17, 15) is 5.26 Å². The van der Waals surface area contributed by atoms with E-state index >= 15 is 0 Å². The second kappa shape index (κ2) is 14.4. The molecule has 84 heavy (non-hydrogen) atoms. The highest BCUT2D eigenvalue weighted by atomic mass is 14.9. The van der Waals surface area contributed by atoms with Gasteiger partial charge in [-0.2, -0.15) is 5.26 Å². The molecule has 4 nitrogen and oxygen atoms in total. The molecule has 0 radical (unpaired) electrons. The summed E-state index contributed by atoms with van der Waals surface area (Å²) in [5.41, 5.74) is 29.0. The van der Waals surface area contributed by atoms with Gasteiger partial charge in [-0.3, -0.25) is 0 Å². The molecule has 8 fully saturated rings. The molecule has 13 aromatic rings. The van der Waals surface area contributed by atoms with Crippen molar-refractivity contribution in [3.63, 3.8) is 0 Å². The first-order chi connectivity index (χ1) is 41.4. The number of nitrogens with zero attached hydrogens (tertiary/aromatic N) is 4. The molecule has 0 atom stereocenters. The van der Waals surface area contributed by atoms with Gasteiger partial charge in [0.05, 0.1) is 45.8 Å². The topological polar surface area (TPSA) is 37.0 Å². The largest absolute Gasteiger partial charge is 0.309 e. The summed E-state index contributed by atoms with van der Waals surface area (Å²) in [6.45, 7) is 9.13. The lowest BCUT2D eigenvalue weighted by Gasteiger charge is -2.57. The van der Waals surface area contributed by atoms with Crippen molar-refractivity contribution in [3.05, 3.63) is 240 Å². The number of aromatic nitrogens is 2. The van der Waals surface area contributed by atoms with Gasteiger partial charge in [0, 0.05) is 72.3 Å². The summed E-state index contributed by atoms with van der Waals surface area (Å²) in [5, 5.41) is 22.5.